The Morgan fingerprint density at radius 1 is 1.56 bits per heavy atom. The monoisotopic (exact) mass is 298 g/mol. The largest absolute Gasteiger partial charge is 0.465 e. The highest BCUT2D eigenvalue weighted by molar-refractivity contribution is 7.13. The van der Waals surface area contributed by atoms with Crippen LogP contribution in [0.25, 0.3) is 11.0 Å². The quantitative estimate of drug-likeness (QED) is 0.649. The molecule has 0 amide bonds. The normalized spacial score (nSPS) is 12.0. The zero-order chi connectivity index (χ0) is 11.9. The lowest BCUT2D eigenvalue weighted by Gasteiger charge is -2.04. The van der Waals surface area contributed by atoms with Crippen LogP contribution in [-0.2, 0) is 8.53 Å². The minimum atomic E-state index is -1.63. The molecule has 86 valence electrons. The minimum absolute atomic E-state index is 0.181. The number of ether oxygens (including phenoxy) is 1. The SMILES string of the molecule is COC(=O)c1scc2[nH]c(C(Cl)(Cl)Cl)nc12. The zero-order valence-electron chi connectivity index (χ0n) is 7.88. The molecule has 0 atom stereocenters. The van der Waals surface area contributed by atoms with Crippen molar-refractivity contribution in [2.45, 2.75) is 3.79 Å². The van der Waals surface area contributed by atoms with Crippen LogP contribution in [0.15, 0.2) is 5.38 Å². The molecule has 0 spiro atoms. The molecule has 0 unspecified atom stereocenters. The average Bonchev–Trinajstić information content (AvgIpc) is 2.73. The third-order valence-electron chi connectivity index (χ3n) is 1.88. The number of aromatic amines is 1. The lowest BCUT2D eigenvalue weighted by molar-refractivity contribution is 0.0608. The van der Waals surface area contributed by atoms with Crippen molar-refractivity contribution in [1.29, 1.82) is 0 Å². The summed E-state index contributed by atoms with van der Waals surface area (Å²) in [6.07, 6.45) is 0. The first-order valence-corrected chi connectivity index (χ1v) is 6.07. The fourth-order valence-corrected chi connectivity index (χ4v) is 2.31. The van der Waals surface area contributed by atoms with E-state index in [9.17, 15) is 4.79 Å². The number of rotatable bonds is 1. The van der Waals surface area contributed by atoms with E-state index in [0.717, 1.165) is 0 Å². The number of nitrogens with one attached hydrogen (secondary N) is 1. The van der Waals surface area contributed by atoms with E-state index in [1.54, 1.807) is 5.38 Å². The molecule has 1 N–H and O–H groups in total. The van der Waals surface area contributed by atoms with E-state index in [1.165, 1.54) is 18.4 Å². The van der Waals surface area contributed by atoms with E-state index in [4.69, 9.17) is 34.8 Å². The molecule has 0 saturated heterocycles. The third kappa shape index (κ3) is 2.00. The van der Waals surface area contributed by atoms with Crippen LogP contribution in [0.3, 0.4) is 0 Å². The molecule has 0 aromatic carbocycles. The van der Waals surface area contributed by atoms with Crippen LogP contribution in [0.5, 0.6) is 0 Å². The first-order valence-electron chi connectivity index (χ1n) is 4.06. The van der Waals surface area contributed by atoms with E-state index in [-0.39, 0.29) is 5.82 Å². The van der Waals surface area contributed by atoms with Gasteiger partial charge in [-0.05, 0) is 0 Å². The molecule has 2 aromatic heterocycles. The summed E-state index contributed by atoms with van der Waals surface area (Å²) >= 11 is 18.3. The molecule has 16 heavy (non-hydrogen) atoms. The summed E-state index contributed by atoms with van der Waals surface area (Å²) in [7, 11) is 1.30. The lowest BCUT2D eigenvalue weighted by atomic mass is 10.4. The summed E-state index contributed by atoms with van der Waals surface area (Å²) in [5.41, 5.74) is 1.10. The van der Waals surface area contributed by atoms with Gasteiger partial charge in [0, 0.05) is 5.38 Å². The molecule has 0 aliphatic rings. The van der Waals surface area contributed by atoms with Crippen LogP contribution in [-0.4, -0.2) is 23.0 Å². The number of halogens is 3. The number of carbonyl (C=O) groups is 1. The fourth-order valence-electron chi connectivity index (χ4n) is 1.19. The predicted molar refractivity (Wildman–Crippen MR) is 64.5 cm³/mol. The molecule has 4 nitrogen and oxygen atoms in total. The Balaban J connectivity index is 2.56. The fraction of sp³-hybridized carbons (Fsp3) is 0.250. The maximum Gasteiger partial charge on any atom is 0.350 e. The van der Waals surface area contributed by atoms with E-state index >= 15 is 0 Å². The molecular formula is C8H5Cl3N2O2S. The van der Waals surface area contributed by atoms with Crippen molar-refractivity contribution in [2.24, 2.45) is 0 Å². The molecule has 0 aliphatic carbocycles. The Morgan fingerprint density at radius 2 is 2.25 bits per heavy atom. The Labute approximate surface area is 109 Å². The van der Waals surface area contributed by atoms with Crippen molar-refractivity contribution in [3.63, 3.8) is 0 Å². The summed E-state index contributed by atoms with van der Waals surface area (Å²) in [6.45, 7) is 0. The predicted octanol–water partition coefficient (Wildman–Crippen LogP) is 3.24. The van der Waals surface area contributed by atoms with Gasteiger partial charge in [-0.1, -0.05) is 34.8 Å². The molecule has 0 aliphatic heterocycles. The number of nitrogens with zero attached hydrogens (tertiary/aromatic N) is 1. The van der Waals surface area contributed by atoms with Crippen LogP contribution in [0.1, 0.15) is 15.5 Å². The first kappa shape index (κ1) is 12.0. The summed E-state index contributed by atoms with van der Waals surface area (Å²) in [4.78, 5) is 18.7. The van der Waals surface area contributed by atoms with Crippen molar-refractivity contribution in [3.05, 3.63) is 16.1 Å². The van der Waals surface area contributed by atoms with Gasteiger partial charge >= 0.3 is 5.97 Å². The Morgan fingerprint density at radius 3 is 2.81 bits per heavy atom. The number of esters is 1. The van der Waals surface area contributed by atoms with E-state index in [0.29, 0.717) is 15.9 Å². The van der Waals surface area contributed by atoms with E-state index in [2.05, 4.69) is 14.7 Å². The van der Waals surface area contributed by atoms with Gasteiger partial charge in [-0.15, -0.1) is 11.3 Å². The Hall–Kier alpha value is -0.490. The van der Waals surface area contributed by atoms with Gasteiger partial charge < -0.3 is 9.72 Å². The van der Waals surface area contributed by atoms with Crippen molar-refractivity contribution in [1.82, 2.24) is 9.97 Å². The number of imidazole rings is 1. The summed E-state index contributed by atoms with van der Waals surface area (Å²) in [6, 6.07) is 0. The number of methoxy groups -OCH3 is 1. The number of aromatic nitrogens is 2. The van der Waals surface area contributed by atoms with E-state index < -0.39 is 9.76 Å². The van der Waals surface area contributed by atoms with Gasteiger partial charge in [-0.25, -0.2) is 9.78 Å². The van der Waals surface area contributed by atoms with Crippen molar-refractivity contribution in [3.8, 4) is 0 Å². The number of alkyl halides is 3. The molecule has 0 radical (unpaired) electrons. The van der Waals surface area contributed by atoms with Crippen molar-refractivity contribution < 1.29 is 9.53 Å². The Kier molecular flexibility index (Phi) is 3.05. The Bertz CT molecular complexity index is 543. The smallest absolute Gasteiger partial charge is 0.350 e. The summed E-state index contributed by atoms with van der Waals surface area (Å²) < 4.78 is 2.98. The van der Waals surface area contributed by atoms with Gasteiger partial charge in [0.15, 0.2) is 5.82 Å². The molecule has 2 aromatic rings. The van der Waals surface area contributed by atoms with Crippen LogP contribution in [0.4, 0.5) is 0 Å². The second-order valence-corrected chi connectivity index (χ2v) is 6.06. The molecule has 2 rings (SSSR count). The highest BCUT2D eigenvalue weighted by atomic mass is 35.6. The van der Waals surface area contributed by atoms with Gasteiger partial charge in [0.05, 0.1) is 12.6 Å². The van der Waals surface area contributed by atoms with Crippen LogP contribution < -0.4 is 0 Å². The van der Waals surface area contributed by atoms with Gasteiger partial charge in [0.1, 0.15) is 10.4 Å². The van der Waals surface area contributed by atoms with Crippen LogP contribution in [0, 0.1) is 0 Å². The van der Waals surface area contributed by atoms with Crippen LogP contribution >= 0.6 is 46.1 Å². The number of hydrogen-bond acceptors (Lipinski definition) is 4. The van der Waals surface area contributed by atoms with Gasteiger partial charge in [0.25, 0.3) is 0 Å². The molecule has 0 fully saturated rings. The maximum absolute atomic E-state index is 11.4. The molecule has 0 bridgehead atoms. The topological polar surface area (TPSA) is 55.0 Å². The number of fused-ring (bicyclic) bond motifs is 1. The van der Waals surface area contributed by atoms with Gasteiger partial charge in [-0.2, -0.15) is 0 Å². The third-order valence-corrected chi connectivity index (χ3v) is 3.37. The van der Waals surface area contributed by atoms with Gasteiger partial charge in [-0.3, -0.25) is 0 Å². The summed E-state index contributed by atoms with van der Waals surface area (Å²) in [5, 5.41) is 1.72. The zero-order valence-corrected chi connectivity index (χ0v) is 11.0. The molecule has 0 saturated carbocycles. The molecular weight excluding hydrogens is 295 g/mol. The summed E-state index contributed by atoms with van der Waals surface area (Å²) in [5.74, 6) is -0.275. The molecule has 8 heteroatoms. The second kappa shape index (κ2) is 4.07. The highest BCUT2D eigenvalue weighted by Gasteiger charge is 2.28. The number of H-pyrrole nitrogens is 1. The van der Waals surface area contributed by atoms with Gasteiger partial charge in [0.2, 0.25) is 3.79 Å². The standard InChI is InChI=1S/C8H5Cl3N2O2S/c1-15-6(14)5-4-3(2-16-5)12-7(13-4)8(9,10)11/h2H,1H3,(H,12,13). The first-order chi connectivity index (χ1) is 7.43. The maximum atomic E-state index is 11.4. The van der Waals surface area contributed by atoms with Crippen molar-refractivity contribution in [2.75, 3.05) is 7.11 Å². The average molecular weight is 300 g/mol. The number of carbonyl (C=O) groups excluding carboxylic acids is 1. The lowest BCUT2D eigenvalue weighted by Crippen LogP contribution is -2.03. The number of thiophene rings is 1. The second-order valence-electron chi connectivity index (χ2n) is 2.90. The van der Waals surface area contributed by atoms with Crippen molar-refractivity contribution >= 4 is 63.1 Å². The molecule has 2 heterocycles. The highest BCUT2D eigenvalue weighted by Crippen LogP contribution is 2.38. The van der Waals surface area contributed by atoms with Crippen LogP contribution in [0.2, 0.25) is 0 Å². The minimum Gasteiger partial charge on any atom is -0.465 e. The number of hydrogen-bond donors (Lipinski definition) is 1. The van der Waals surface area contributed by atoms with E-state index in [1.807, 2.05) is 0 Å².